The normalized spacial score (nSPS) is 11.7. The Hall–Kier alpha value is -4.26. The van der Waals surface area contributed by atoms with Crippen molar-refractivity contribution in [1.29, 1.82) is 0 Å². The molecule has 9 aromatic carbocycles. The fourth-order valence-corrected chi connectivity index (χ4v) is 8.59. The second-order valence-corrected chi connectivity index (χ2v) is 14.2. The van der Waals surface area contributed by atoms with Crippen molar-refractivity contribution in [2.45, 2.75) is 0 Å². The Labute approximate surface area is 295 Å². The van der Waals surface area contributed by atoms with Crippen molar-refractivity contribution in [3.8, 4) is 44.5 Å². The Bertz CT molecular complexity index is 2570. The first-order valence-corrected chi connectivity index (χ1v) is 17.6. The fourth-order valence-electron chi connectivity index (χ4n) is 7.33. The van der Waals surface area contributed by atoms with Crippen LogP contribution in [-0.4, -0.2) is 0 Å². The Kier molecular flexibility index (Phi) is 6.83. The Morgan fingerprint density at radius 3 is 1.26 bits per heavy atom. The number of rotatable bonds is 4. The van der Waals surface area contributed by atoms with E-state index in [1.54, 1.807) is 0 Å². The van der Waals surface area contributed by atoms with Crippen molar-refractivity contribution < 1.29 is 0 Å². The number of hydrogen-bond acceptors (Lipinski definition) is 0. The summed E-state index contributed by atoms with van der Waals surface area (Å²) in [6.45, 7) is 0. The molecule has 0 radical (unpaired) electrons. The first-order chi connectivity index (χ1) is 22.7. The van der Waals surface area contributed by atoms with E-state index in [9.17, 15) is 0 Å². The predicted octanol–water partition coefficient (Wildman–Crippen LogP) is 13.6. The van der Waals surface area contributed by atoms with E-state index >= 15 is 0 Å². The molecule has 46 heavy (non-hydrogen) atoms. The number of hydrogen-bond donors (Lipinski definition) is 0. The van der Waals surface area contributed by atoms with Gasteiger partial charge in [-0.05, 0) is 151 Å². The van der Waals surface area contributed by atoms with Crippen LogP contribution in [0.25, 0.3) is 87.6 Å². The van der Waals surface area contributed by atoms with Crippen LogP contribution in [0.5, 0.6) is 0 Å². The molecule has 0 aliphatic heterocycles. The van der Waals surface area contributed by atoms with Gasteiger partial charge in [0.05, 0.1) is 0 Å². The SMILES string of the molecule is Ic1ccc2c3c(-c4cc(-c5ccccc5)ccc4-c4ccccc4)ccc4c(I)ccc(c5c(-c6ccccc6)ccc1c25)c43. The molecule has 2 heteroatoms. The maximum absolute atomic E-state index is 2.52. The zero-order valence-corrected chi connectivity index (χ0v) is 29.1. The monoisotopic (exact) mass is 808 g/mol. The molecule has 0 amide bonds. The highest BCUT2D eigenvalue weighted by Gasteiger charge is 2.22. The van der Waals surface area contributed by atoms with Crippen molar-refractivity contribution in [2.24, 2.45) is 0 Å². The van der Waals surface area contributed by atoms with E-state index in [0.717, 1.165) is 0 Å². The molecule has 0 aliphatic carbocycles. The minimum atomic E-state index is 1.22. The summed E-state index contributed by atoms with van der Waals surface area (Å²) < 4.78 is 2.55. The summed E-state index contributed by atoms with van der Waals surface area (Å²) in [5.41, 5.74) is 9.97. The highest BCUT2D eigenvalue weighted by atomic mass is 127. The van der Waals surface area contributed by atoms with Crippen LogP contribution >= 0.6 is 45.2 Å². The minimum absolute atomic E-state index is 1.22. The molecule has 9 aromatic rings. The van der Waals surface area contributed by atoms with Gasteiger partial charge in [0.1, 0.15) is 0 Å². The second-order valence-electron chi connectivity index (χ2n) is 11.9. The van der Waals surface area contributed by atoms with Gasteiger partial charge in [-0.25, -0.2) is 0 Å². The van der Waals surface area contributed by atoms with E-state index in [1.807, 2.05) is 0 Å². The first kappa shape index (κ1) is 28.0. The molecule has 0 spiro atoms. The lowest BCUT2D eigenvalue weighted by molar-refractivity contribution is 1.58. The van der Waals surface area contributed by atoms with Gasteiger partial charge in [0, 0.05) is 7.14 Å². The summed E-state index contributed by atoms with van der Waals surface area (Å²) in [5.74, 6) is 0. The van der Waals surface area contributed by atoms with Gasteiger partial charge in [0.15, 0.2) is 0 Å². The fraction of sp³-hybridized carbons (Fsp3) is 0. The lowest BCUT2D eigenvalue weighted by atomic mass is 9.82. The molecule has 216 valence electrons. The quantitative estimate of drug-likeness (QED) is 0.0944. The molecule has 0 saturated heterocycles. The molecule has 0 heterocycles. The Morgan fingerprint density at radius 2 is 0.696 bits per heavy atom. The van der Waals surface area contributed by atoms with Gasteiger partial charge < -0.3 is 0 Å². The summed E-state index contributed by atoms with van der Waals surface area (Å²) in [4.78, 5) is 0. The topological polar surface area (TPSA) is 0 Å². The van der Waals surface area contributed by atoms with Crippen LogP contribution in [0.3, 0.4) is 0 Å². The van der Waals surface area contributed by atoms with Gasteiger partial charge in [0.2, 0.25) is 0 Å². The summed E-state index contributed by atoms with van der Waals surface area (Å²) in [5, 5.41) is 10.6. The third kappa shape index (κ3) is 4.38. The van der Waals surface area contributed by atoms with Crippen LogP contribution in [0.1, 0.15) is 0 Å². The van der Waals surface area contributed by atoms with Gasteiger partial charge in [-0.2, -0.15) is 0 Å². The summed E-state index contributed by atoms with van der Waals surface area (Å²) in [7, 11) is 0. The Morgan fingerprint density at radius 1 is 0.261 bits per heavy atom. The largest absolute Gasteiger partial charge is 0.0622 e. The molecular weight excluding hydrogens is 782 g/mol. The van der Waals surface area contributed by atoms with Crippen LogP contribution in [-0.2, 0) is 0 Å². The standard InChI is InChI=1S/C44H26I2/c45-39-25-23-37-42-33(38-26-30(27-10-4-1-5-11-27)16-17-31(38)28-12-6-2-7-13-28)19-21-35-40(46)24-22-36(44(35)42)41-32(18-20-34(39)43(37)41)29-14-8-3-9-15-29/h1-26H. The van der Waals surface area contributed by atoms with E-state index in [2.05, 4.69) is 203 Å². The maximum Gasteiger partial charge on any atom is 0.0209 e. The zero-order chi connectivity index (χ0) is 30.8. The second kappa shape index (κ2) is 11.2. The van der Waals surface area contributed by atoms with Crippen molar-refractivity contribution in [3.63, 3.8) is 0 Å². The molecule has 9 rings (SSSR count). The number of halogens is 2. The van der Waals surface area contributed by atoms with Gasteiger partial charge in [-0.15, -0.1) is 0 Å². The third-order valence-electron chi connectivity index (χ3n) is 9.38. The minimum Gasteiger partial charge on any atom is -0.0622 e. The zero-order valence-electron chi connectivity index (χ0n) is 24.8. The maximum atomic E-state index is 2.52. The van der Waals surface area contributed by atoms with Crippen molar-refractivity contribution in [1.82, 2.24) is 0 Å². The van der Waals surface area contributed by atoms with E-state index in [-0.39, 0.29) is 0 Å². The molecule has 0 unspecified atom stereocenters. The van der Waals surface area contributed by atoms with Crippen LogP contribution in [0, 0.1) is 7.14 Å². The average Bonchev–Trinajstić information content (AvgIpc) is 3.12. The van der Waals surface area contributed by atoms with Crippen LogP contribution in [0.15, 0.2) is 158 Å². The summed E-state index contributed by atoms with van der Waals surface area (Å²) in [6, 6.07) is 58.1. The third-order valence-corrected chi connectivity index (χ3v) is 11.3. The molecule has 0 aromatic heterocycles. The van der Waals surface area contributed by atoms with Crippen molar-refractivity contribution in [2.75, 3.05) is 0 Å². The molecule has 0 nitrogen and oxygen atoms in total. The van der Waals surface area contributed by atoms with E-state index in [4.69, 9.17) is 0 Å². The van der Waals surface area contributed by atoms with Crippen LogP contribution in [0.4, 0.5) is 0 Å². The molecule has 0 saturated carbocycles. The predicted molar refractivity (Wildman–Crippen MR) is 215 cm³/mol. The van der Waals surface area contributed by atoms with Gasteiger partial charge >= 0.3 is 0 Å². The van der Waals surface area contributed by atoms with Crippen LogP contribution < -0.4 is 0 Å². The van der Waals surface area contributed by atoms with Gasteiger partial charge in [0.25, 0.3) is 0 Å². The first-order valence-electron chi connectivity index (χ1n) is 15.5. The average molecular weight is 808 g/mol. The highest BCUT2D eigenvalue weighted by Crippen LogP contribution is 2.50. The molecule has 0 bridgehead atoms. The molecule has 0 N–H and O–H groups in total. The molecule has 0 fully saturated rings. The smallest absolute Gasteiger partial charge is 0.0209 e. The summed E-state index contributed by atoms with van der Waals surface area (Å²) >= 11 is 5.03. The Balaban J connectivity index is 1.49. The number of fused-ring (bicyclic) bond motifs is 2. The van der Waals surface area contributed by atoms with Gasteiger partial charge in [-0.3, -0.25) is 0 Å². The van der Waals surface area contributed by atoms with E-state index in [0.29, 0.717) is 0 Å². The van der Waals surface area contributed by atoms with E-state index in [1.165, 1.54) is 94.7 Å². The van der Waals surface area contributed by atoms with Crippen molar-refractivity contribution >= 4 is 88.3 Å². The summed E-state index contributed by atoms with van der Waals surface area (Å²) in [6.07, 6.45) is 0. The van der Waals surface area contributed by atoms with Crippen LogP contribution in [0.2, 0.25) is 0 Å². The highest BCUT2D eigenvalue weighted by molar-refractivity contribution is 14.1. The van der Waals surface area contributed by atoms with E-state index < -0.39 is 0 Å². The van der Waals surface area contributed by atoms with Crippen molar-refractivity contribution in [3.05, 3.63) is 165 Å². The lowest BCUT2D eigenvalue weighted by Gasteiger charge is -2.22. The molecule has 0 atom stereocenters. The molecule has 0 aliphatic rings. The molecular formula is C44H26I2. The lowest BCUT2D eigenvalue weighted by Crippen LogP contribution is -1.95. The van der Waals surface area contributed by atoms with Gasteiger partial charge in [-0.1, -0.05) is 140 Å². The number of benzene rings is 9.